The van der Waals surface area contributed by atoms with Gasteiger partial charge >= 0.3 is 0 Å². The van der Waals surface area contributed by atoms with Crippen LogP contribution in [0.2, 0.25) is 5.02 Å². The molecule has 1 heterocycles. The number of nitrogens with zero attached hydrogens (tertiary/aromatic N) is 2. The van der Waals surface area contributed by atoms with E-state index < -0.39 is 0 Å². The fourth-order valence-electron chi connectivity index (χ4n) is 1.39. The molecule has 1 aromatic carbocycles. The van der Waals surface area contributed by atoms with Crippen molar-refractivity contribution < 1.29 is 4.74 Å². The van der Waals surface area contributed by atoms with Gasteiger partial charge in [-0.05, 0) is 25.1 Å². The molecule has 0 atom stereocenters. The largest absolute Gasteiger partial charge is 0.438 e. The molecule has 0 saturated heterocycles. The molecule has 2 rings (SSSR count). The number of hydrogen-bond acceptors (Lipinski definition) is 3. The van der Waals surface area contributed by atoms with E-state index in [1.165, 1.54) is 0 Å². The lowest BCUT2D eigenvalue weighted by molar-refractivity contribution is 0.431. The Hall–Kier alpha value is -1.68. The maximum atomic E-state index is 6.00. The number of benzene rings is 1. The second kappa shape index (κ2) is 4.06. The fraction of sp³-hybridized carbons (Fsp3) is 0.182. The van der Waals surface area contributed by atoms with E-state index >= 15 is 0 Å². The number of halogens is 1. The van der Waals surface area contributed by atoms with E-state index in [2.05, 4.69) is 5.10 Å². The molecule has 0 aliphatic carbocycles. The summed E-state index contributed by atoms with van der Waals surface area (Å²) in [5, 5.41) is 4.66. The van der Waals surface area contributed by atoms with Crippen molar-refractivity contribution in [3.05, 3.63) is 35.0 Å². The fourth-order valence-corrected chi connectivity index (χ4v) is 1.62. The summed E-state index contributed by atoms with van der Waals surface area (Å²) in [6.45, 7) is 1.90. The van der Waals surface area contributed by atoms with E-state index in [0.29, 0.717) is 22.3 Å². The van der Waals surface area contributed by atoms with Crippen LogP contribution in [-0.2, 0) is 7.05 Å². The Bertz CT molecular complexity index is 522. The minimum Gasteiger partial charge on any atom is -0.438 e. The Morgan fingerprint density at radius 2 is 2.12 bits per heavy atom. The highest BCUT2D eigenvalue weighted by Gasteiger charge is 2.07. The van der Waals surface area contributed by atoms with Gasteiger partial charge in [-0.3, -0.25) is 0 Å². The van der Waals surface area contributed by atoms with Crippen molar-refractivity contribution in [3.8, 4) is 11.6 Å². The summed E-state index contributed by atoms with van der Waals surface area (Å²) in [6.07, 6.45) is 0. The van der Waals surface area contributed by atoms with Crippen LogP contribution in [0.25, 0.3) is 0 Å². The van der Waals surface area contributed by atoms with Crippen LogP contribution in [0.4, 0.5) is 5.69 Å². The van der Waals surface area contributed by atoms with Crippen molar-refractivity contribution in [3.63, 3.8) is 0 Å². The Kier molecular flexibility index (Phi) is 2.75. The molecule has 0 fully saturated rings. The van der Waals surface area contributed by atoms with Crippen molar-refractivity contribution >= 4 is 17.3 Å². The molecule has 1 aromatic heterocycles. The summed E-state index contributed by atoms with van der Waals surface area (Å²) in [4.78, 5) is 0. The van der Waals surface area contributed by atoms with Crippen molar-refractivity contribution in [2.24, 2.45) is 7.05 Å². The molecule has 0 aliphatic rings. The first-order valence-electron chi connectivity index (χ1n) is 4.80. The van der Waals surface area contributed by atoms with Gasteiger partial charge in [0.25, 0.3) is 0 Å². The van der Waals surface area contributed by atoms with Crippen molar-refractivity contribution in [1.82, 2.24) is 9.78 Å². The lowest BCUT2D eigenvalue weighted by atomic mass is 10.3. The molecule has 0 bridgehead atoms. The first-order chi connectivity index (χ1) is 7.56. The number of hydrogen-bond donors (Lipinski definition) is 1. The Balaban J connectivity index is 2.30. The zero-order chi connectivity index (χ0) is 11.7. The molecule has 0 unspecified atom stereocenters. The topological polar surface area (TPSA) is 53.1 Å². The predicted molar refractivity (Wildman–Crippen MR) is 63.9 cm³/mol. The number of rotatable bonds is 2. The highest BCUT2D eigenvalue weighted by molar-refractivity contribution is 6.32. The van der Waals surface area contributed by atoms with Crippen LogP contribution in [-0.4, -0.2) is 9.78 Å². The van der Waals surface area contributed by atoms with Crippen LogP contribution in [0.3, 0.4) is 0 Å². The normalized spacial score (nSPS) is 10.4. The first-order valence-corrected chi connectivity index (χ1v) is 5.17. The van der Waals surface area contributed by atoms with Crippen LogP contribution < -0.4 is 10.5 Å². The van der Waals surface area contributed by atoms with Crippen LogP contribution in [0.15, 0.2) is 24.3 Å². The number of nitrogens with two attached hydrogens (primary N) is 1. The lowest BCUT2D eigenvalue weighted by Gasteiger charge is -2.07. The highest BCUT2D eigenvalue weighted by Crippen LogP contribution is 2.30. The molecule has 0 spiro atoms. The molecule has 2 aromatic rings. The molecular formula is C11H12ClN3O. The summed E-state index contributed by atoms with van der Waals surface area (Å²) in [5.41, 5.74) is 7.10. The van der Waals surface area contributed by atoms with E-state index in [-0.39, 0.29) is 0 Å². The third-order valence-corrected chi connectivity index (χ3v) is 2.42. The maximum Gasteiger partial charge on any atom is 0.217 e. The second-order valence-electron chi connectivity index (χ2n) is 3.54. The molecule has 0 saturated carbocycles. The first kappa shape index (κ1) is 10.8. The zero-order valence-electron chi connectivity index (χ0n) is 9.07. The van der Waals surface area contributed by atoms with Crippen LogP contribution in [0.5, 0.6) is 11.6 Å². The molecule has 2 N–H and O–H groups in total. The second-order valence-corrected chi connectivity index (χ2v) is 3.95. The maximum absolute atomic E-state index is 6.00. The monoisotopic (exact) mass is 237 g/mol. The van der Waals surface area contributed by atoms with Gasteiger partial charge in [-0.2, -0.15) is 5.10 Å². The third-order valence-electron chi connectivity index (χ3n) is 2.13. The summed E-state index contributed by atoms with van der Waals surface area (Å²) in [6, 6.07) is 6.97. The molecule has 4 nitrogen and oxygen atoms in total. The van der Waals surface area contributed by atoms with E-state index in [1.807, 2.05) is 20.0 Å². The molecule has 5 heteroatoms. The minimum atomic E-state index is 0.485. The third kappa shape index (κ3) is 2.12. The summed E-state index contributed by atoms with van der Waals surface area (Å²) < 4.78 is 7.28. The standard InChI is InChI=1S/C11H12ClN3O/c1-7-5-11(15(2)14-7)16-10-4-3-8(13)6-9(10)12/h3-6H,13H2,1-2H3. The van der Waals surface area contributed by atoms with Crippen molar-refractivity contribution in [2.45, 2.75) is 6.92 Å². The molecule has 0 aliphatic heterocycles. The van der Waals surface area contributed by atoms with Gasteiger partial charge in [0.2, 0.25) is 5.88 Å². The average molecular weight is 238 g/mol. The van der Waals surface area contributed by atoms with Crippen LogP contribution >= 0.6 is 11.6 Å². The van der Waals surface area contributed by atoms with Gasteiger partial charge in [-0.25, -0.2) is 4.68 Å². The number of ether oxygens (including phenoxy) is 1. The zero-order valence-corrected chi connectivity index (χ0v) is 9.82. The average Bonchev–Trinajstić information content (AvgIpc) is 2.50. The van der Waals surface area contributed by atoms with E-state index in [1.54, 1.807) is 22.9 Å². The molecule has 84 valence electrons. The Morgan fingerprint density at radius 3 is 2.69 bits per heavy atom. The van der Waals surface area contributed by atoms with Gasteiger partial charge in [0.15, 0.2) is 0 Å². The van der Waals surface area contributed by atoms with E-state index in [9.17, 15) is 0 Å². The number of aromatic nitrogens is 2. The summed E-state index contributed by atoms with van der Waals surface area (Å²) >= 11 is 6.00. The van der Waals surface area contributed by atoms with E-state index in [0.717, 1.165) is 5.69 Å². The van der Waals surface area contributed by atoms with Crippen molar-refractivity contribution in [2.75, 3.05) is 5.73 Å². The summed E-state index contributed by atoms with van der Waals surface area (Å²) in [7, 11) is 1.81. The van der Waals surface area contributed by atoms with Crippen LogP contribution in [0, 0.1) is 6.92 Å². The van der Waals surface area contributed by atoms with Crippen molar-refractivity contribution in [1.29, 1.82) is 0 Å². The molecule has 0 radical (unpaired) electrons. The molecular weight excluding hydrogens is 226 g/mol. The van der Waals surface area contributed by atoms with E-state index in [4.69, 9.17) is 22.1 Å². The predicted octanol–water partition coefficient (Wildman–Crippen LogP) is 2.76. The SMILES string of the molecule is Cc1cc(Oc2ccc(N)cc2Cl)n(C)n1. The number of aryl methyl sites for hydroxylation is 2. The minimum absolute atomic E-state index is 0.485. The van der Waals surface area contributed by atoms with Crippen LogP contribution in [0.1, 0.15) is 5.69 Å². The molecule has 16 heavy (non-hydrogen) atoms. The van der Waals surface area contributed by atoms with Gasteiger partial charge in [0.05, 0.1) is 10.7 Å². The highest BCUT2D eigenvalue weighted by atomic mass is 35.5. The van der Waals surface area contributed by atoms with Gasteiger partial charge in [-0.15, -0.1) is 0 Å². The summed E-state index contributed by atoms with van der Waals surface area (Å²) in [5.74, 6) is 1.21. The van der Waals surface area contributed by atoms with Gasteiger partial charge < -0.3 is 10.5 Å². The number of nitrogen functional groups attached to an aromatic ring is 1. The smallest absolute Gasteiger partial charge is 0.217 e. The Labute approximate surface area is 98.6 Å². The quantitative estimate of drug-likeness (QED) is 0.818. The van der Waals surface area contributed by atoms with Gasteiger partial charge in [0, 0.05) is 18.8 Å². The Morgan fingerprint density at radius 1 is 1.38 bits per heavy atom. The lowest BCUT2D eigenvalue weighted by Crippen LogP contribution is -1.95. The number of anilines is 1. The van der Waals surface area contributed by atoms with Gasteiger partial charge in [-0.1, -0.05) is 11.6 Å². The molecule has 0 amide bonds. The van der Waals surface area contributed by atoms with Gasteiger partial charge in [0.1, 0.15) is 5.75 Å².